The van der Waals surface area contributed by atoms with Crippen LogP contribution in [0.4, 0.5) is 0 Å². The Labute approximate surface area is 150 Å². The molecule has 2 aromatic heterocycles. The van der Waals surface area contributed by atoms with Gasteiger partial charge in [-0.2, -0.15) is 10.2 Å². The summed E-state index contributed by atoms with van der Waals surface area (Å²) in [5.41, 5.74) is 7.39. The van der Waals surface area contributed by atoms with Crippen LogP contribution in [-0.4, -0.2) is 37.6 Å². The van der Waals surface area contributed by atoms with Gasteiger partial charge in [-0.1, -0.05) is 0 Å². The molecule has 1 unspecified atom stereocenters. The van der Waals surface area contributed by atoms with Crippen LogP contribution in [0, 0.1) is 0 Å². The molecule has 0 spiro atoms. The summed E-state index contributed by atoms with van der Waals surface area (Å²) < 4.78 is 9.06. The zero-order valence-corrected chi connectivity index (χ0v) is 14.5. The molecule has 1 aliphatic rings. The van der Waals surface area contributed by atoms with Crippen LogP contribution in [0.3, 0.4) is 0 Å². The van der Waals surface area contributed by atoms with E-state index in [9.17, 15) is 4.79 Å². The molecule has 1 aliphatic heterocycles. The average Bonchev–Trinajstić information content (AvgIpc) is 3.27. The number of hydrogen-bond acceptors (Lipinski definition) is 5. The second-order valence-electron chi connectivity index (χ2n) is 6.37. The van der Waals surface area contributed by atoms with Crippen molar-refractivity contribution in [1.82, 2.24) is 24.5 Å². The molecule has 0 fully saturated rings. The summed E-state index contributed by atoms with van der Waals surface area (Å²) in [6.07, 6.45) is 3.61. The van der Waals surface area contributed by atoms with Gasteiger partial charge in [-0.25, -0.2) is 9.67 Å². The first-order valence-corrected chi connectivity index (χ1v) is 8.53. The first kappa shape index (κ1) is 16.3. The highest BCUT2D eigenvalue weighted by Crippen LogP contribution is 2.29. The van der Waals surface area contributed by atoms with Gasteiger partial charge in [0.1, 0.15) is 11.6 Å². The van der Waals surface area contributed by atoms with Crippen molar-refractivity contribution in [2.24, 2.45) is 5.73 Å². The molecule has 0 saturated heterocycles. The minimum Gasteiger partial charge on any atom is -0.497 e. The van der Waals surface area contributed by atoms with Gasteiger partial charge in [0.15, 0.2) is 5.82 Å². The molecular formula is C18H20N6O2. The van der Waals surface area contributed by atoms with E-state index in [2.05, 4.69) is 15.2 Å². The van der Waals surface area contributed by atoms with Gasteiger partial charge in [0.25, 0.3) is 0 Å². The van der Waals surface area contributed by atoms with Crippen molar-refractivity contribution in [3.63, 3.8) is 0 Å². The van der Waals surface area contributed by atoms with Gasteiger partial charge in [0.05, 0.1) is 19.2 Å². The topological polar surface area (TPSA) is 101 Å². The fourth-order valence-corrected chi connectivity index (χ4v) is 3.36. The minimum atomic E-state index is -0.440. The average molecular weight is 352 g/mol. The lowest BCUT2D eigenvalue weighted by Crippen LogP contribution is -2.21. The van der Waals surface area contributed by atoms with Crippen molar-refractivity contribution in [2.45, 2.75) is 31.7 Å². The highest BCUT2D eigenvalue weighted by atomic mass is 16.5. The summed E-state index contributed by atoms with van der Waals surface area (Å²) in [7, 11) is 1.63. The quantitative estimate of drug-likeness (QED) is 0.744. The number of nitrogens with two attached hydrogens (primary N) is 1. The van der Waals surface area contributed by atoms with E-state index in [1.807, 2.05) is 45.9 Å². The summed E-state index contributed by atoms with van der Waals surface area (Å²) in [6.45, 7) is 0.841. The fraction of sp³-hybridized carbons (Fsp3) is 0.333. The Bertz CT molecular complexity index is 928. The van der Waals surface area contributed by atoms with Gasteiger partial charge >= 0.3 is 0 Å². The summed E-state index contributed by atoms with van der Waals surface area (Å²) >= 11 is 0. The number of carbonyl (C=O) groups is 1. The van der Waals surface area contributed by atoms with Crippen LogP contribution in [0.15, 0.2) is 36.5 Å². The molecule has 1 atom stereocenters. The molecule has 0 aliphatic carbocycles. The van der Waals surface area contributed by atoms with Gasteiger partial charge in [0, 0.05) is 24.4 Å². The number of benzene rings is 1. The molecule has 8 nitrogen and oxygen atoms in total. The zero-order chi connectivity index (χ0) is 18.1. The van der Waals surface area contributed by atoms with Crippen molar-refractivity contribution in [3.05, 3.63) is 53.9 Å². The molecule has 3 aromatic rings. The monoisotopic (exact) mass is 352 g/mol. The van der Waals surface area contributed by atoms with E-state index in [0.717, 1.165) is 36.6 Å². The Morgan fingerprint density at radius 3 is 2.85 bits per heavy atom. The van der Waals surface area contributed by atoms with E-state index in [-0.39, 0.29) is 12.3 Å². The van der Waals surface area contributed by atoms with Gasteiger partial charge in [-0.3, -0.25) is 9.48 Å². The van der Waals surface area contributed by atoms with Crippen molar-refractivity contribution in [3.8, 4) is 11.4 Å². The van der Waals surface area contributed by atoms with E-state index in [1.165, 1.54) is 5.69 Å². The Kier molecular flexibility index (Phi) is 4.16. The van der Waals surface area contributed by atoms with E-state index in [1.54, 1.807) is 7.11 Å². The predicted octanol–water partition coefficient (Wildman–Crippen LogP) is 1.23. The molecular weight excluding hydrogens is 332 g/mol. The number of primary amides is 1. The van der Waals surface area contributed by atoms with Crippen LogP contribution < -0.4 is 10.5 Å². The summed E-state index contributed by atoms with van der Waals surface area (Å²) in [5, 5.41) is 8.86. The number of hydrogen-bond donors (Lipinski definition) is 1. The largest absolute Gasteiger partial charge is 0.497 e. The number of methoxy groups -OCH3 is 1. The highest BCUT2D eigenvalue weighted by molar-refractivity contribution is 5.75. The van der Waals surface area contributed by atoms with Crippen LogP contribution in [0.1, 0.15) is 29.7 Å². The number of rotatable bonds is 5. The number of amides is 1. The molecule has 3 heterocycles. The maximum atomic E-state index is 11.3. The lowest BCUT2D eigenvalue weighted by molar-refractivity contribution is -0.117. The van der Waals surface area contributed by atoms with E-state index in [0.29, 0.717) is 5.82 Å². The highest BCUT2D eigenvalue weighted by Gasteiger charge is 2.26. The second kappa shape index (κ2) is 6.62. The summed E-state index contributed by atoms with van der Waals surface area (Å²) in [6, 6.07) is 9.65. The van der Waals surface area contributed by atoms with Crippen molar-refractivity contribution in [1.29, 1.82) is 0 Å². The number of fused-ring (bicyclic) bond motifs is 1. The third-order valence-electron chi connectivity index (χ3n) is 4.64. The SMILES string of the molecule is COc1ccc(-n2nc(CC(N)=O)nc2C2CCn3nccc3C2)cc1. The summed E-state index contributed by atoms with van der Waals surface area (Å²) in [5.74, 6) is 1.83. The maximum Gasteiger partial charge on any atom is 0.225 e. The van der Waals surface area contributed by atoms with Gasteiger partial charge in [0.2, 0.25) is 5.91 Å². The van der Waals surface area contributed by atoms with Crippen LogP contribution in [0.2, 0.25) is 0 Å². The smallest absolute Gasteiger partial charge is 0.225 e. The Hall–Kier alpha value is -3.16. The number of carbonyl (C=O) groups excluding carboxylic acids is 1. The third kappa shape index (κ3) is 3.05. The van der Waals surface area contributed by atoms with Gasteiger partial charge < -0.3 is 10.5 Å². The van der Waals surface area contributed by atoms with E-state index >= 15 is 0 Å². The summed E-state index contributed by atoms with van der Waals surface area (Å²) in [4.78, 5) is 16.0. The third-order valence-corrected chi connectivity index (χ3v) is 4.64. The molecule has 1 aromatic carbocycles. The number of aromatic nitrogens is 5. The van der Waals surface area contributed by atoms with Crippen LogP contribution >= 0.6 is 0 Å². The molecule has 2 N–H and O–H groups in total. The Morgan fingerprint density at radius 2 is 2.12 bits per heavy atom. The standard InChI is InChI=1S/C18H20N6O2/c1-26-15-4-2-13(3-5-15)24-18(21-17(22-24)11-16(19)25)12-7-9-23-14(10-12)6-8-20-23/h2-6,8,12H,7,9-11H2,1H3,(H2,19,25). The molecule has 0 saturated carbocycles. The fourth-order valence-electron chi connectivity index (χ4n) is 3.36. The Balaban J connectivity index is 1.72. The number of ether oxygens (including phenoxy) is 1. The van der Waals surface area contributed by atoms with Crippen LogP contribution in [0.5, 0.6) is 5.75 Å². The zero-order valence-electron chi connectivity index (χ0n) is 14.5. The number of aryl methyl sites for hydroxylation is 1. The van der Waals surface area contributed by atoms with Gasteiger partial charge in [-0.05, 0) is 43.2 Å². The molecule has 4 rings (SSSR count). The van der Waals surface area contributed by atoms with Gasteiger partial charge in [-0.15, -0.1) is 0 Å². The minimum absolute atomic E-state index is 0.0286. The molecule has 0 radical (unpaired) electrons. The van der Waals surface area contributed by atoms with Crippen molar-refractivity contribution in [2.75, 3.05) is 7.11 Å². The lowest BCUT2D eigenvalue weighted by Gasteiger charge is -2.23. The maximum absolute atomic E-state index is 11.3. The molecule has 26 heavy (non-hydrogen) atoms. The molecule has 8 heteroatoms. The Morgan fingerprint density at radius 1 is 1.31 bits per heavy atom. The predicted molar refractivity (Wildman–Crippen MR) is 94.1 cm³/mol. The van der Waals surface area contributed by atoms with Crippen molar-refractivity contribution < 1.29 is 9.53 Å². The molecule has 1 amide bonds. The first-order chi connectivity index (χ1) is 12.6. The lowest BCUT2D eigenvalue weighted by atomic mass is 9.95. The molecule has 134 valence electrons. The van der Waals surface area contributed by atoms with E-state index < -0.39 is 5.91 Å². The van der Waals surface area contributed by atoms with E-state index in [4.69, 9.17) is 10.5 Å². The van der Waals surface area contributed by atoms with Crippen LogP contribution in [0.25, 0.3) is 5.69 Å². The normalized spacial score (nSPS) is 16.3. The van der Waals surface area contributed by atoms with Crippen LogP contribution in [-0.2, 0) is 24.2 Å². The first-order valence-electron chi connectivity index (χ1n) is 8.53. The molecule has 0 bridgehead atoms. The second-order valence-corrected chi connectivity index (χ2v) is 6.37. The van der Waals surface area contributed by atoms with Crippen molar-refractivity contribution >= 4 is 5.91 Å². The number of nitrogens with zero attached hydrogens (tertiary/aromatic N) is 5.